The van der Waals surface area contributed by atoms with Gasteiger partial charge in [0, 0.05) is 135 Å². The first kappa shape index (κ1) is 58.3. The van der Waals surface area contributed by atoms with Crippen LogP contribution in [-0.4, -0.2) is 101 Å². The van der Waals surface area contributed by atoms with E-state index in [2.05, 4.69) is 146 Å². The van der Waals surface area contributed by atoms with Gasteiger partial charge in [0.2, 0.25) is 10.7 Å². The van der Waals surface area contributed by atoms with Crippen LogP contribution in [0.2, 0.25) is 0 Å². The molecule has 404 valence electrons. The van der Waals surface area contributed by atoms with Gasteiger partial charge in [-0.25, -0.2) is 9.15 Å². The summed E-state index contributed by atoms with van der Waals surface area (Å²) in [6, 6.07) is 27.9. The second-order valence-electron chi connectivity index (χ2n) is 21.0. The Morgan fingerprint density at radius 1 is 0.500 bits per heavy atom. The maximum Gasteiger partial charge on any atom is 0.263 e. The van der Waals surface area contributed by atoms with Crippen LogP contribution in [0.25, 0.3) is 11.1 Å². The number of hydrogen-bond donors (Lipinski definition) is 0. The monoisotopic (exact) mass is 1080 g/mol. The molecule has 10 heteroatoms. The van der Waals surface area contributed by atoms with E-state index in [9.17, 15) is 4.79 Å². The van der Waals surface area contributed by atoms with Crippen molar-refractivity contribution in [2.45, 2.75) is 122 Å². The molecule has 12 rings (SSSR count). The van der Waals surface area contributed by atoms with E-state index in [1.807, 2.05) is 22.3 Å². The Hall–Kier alpha value is -5.42. The molecular weight excluding hydrogens is 989 g/mol. The Kier molecular flexibility index (Phi) is 18.5. The second-order valence-corrected chi connectivity index (χ2v) is 23.6. The van der Waals surface area contributed by atoms with Crippen LogP contribution in [0.5, 0.6) is 0 Å². The van der Waals surface area contributed by atoms with Crippen molar-refractivity contribution in [1.82, 2.24) is 19.0 Å². The van der Waals surface area contributed by atoms with Gasteiger partial charge >= 0.3 is 0 Å². The van der Waals surface area contributed by atoms with E-state index in [1.54, 1.807) is 44.3 Å². The van der Waals surface area contributed by atoms with Crippen LogP contribution in [0.1, 0.15) is 163 Å². The number of amides is 1. The summed E-state index contributed by atoms with van der Waals surface area (Å²) in [5.41, 5.74) is 20.2. The maximum absolute atomic E-state index is 13.2. The van der Waals surface area contributed by atoms with Crippen molar-refractivity contribution >= 4 is 68.3 Å². The van der Waals surface area contributed by atoms with E-state index in [1.165, 1.54) is 159 Å². The van der Waals surface area contributed by atoms with Crippen molar-refractivity contribution in [3.05, 3.63) is 169 Å². The minimum atomic E-state index is 0. The molecule has 0 radical (unpaired) electrons. The van der Waals surface area contributed by atoms with E-state index in [4.69, 9.17) is 12.2 Å². The second kappa shape index (κ2) is 24.1. The molecule has 0 unspecified atom stereocenters. The van der Waals surface area contributed by atoms with Crippen molar-refractivity contribution in [3.8, 4) is 0 Å². The van der Waals surface area contributed by atoms with Crippen molar-refractivity contribution in [2.75, 3.05) is 90.3 Å². The Bertz CT molecular complexity index is 3200. The Balaban J connectivity index is 0.000000210. The lowest BCUT2D eigenvalue weighted by Crippen LogP contribution is -2.46. The maximum atomic E-state index is 13.2. The number of fused-ring (bicyclic) bond motifs is 6. The normalized spacial score (nSPS) is 14.9. The lowest BCUT2D eigenvalue weighted by atomic mass is 9.80. The molecule has 4 aliphatic heterocycles. The van der Waals surface area contributed by atoms with Gasteiger partial charge in [0.05, 0.1) is 9.75 Å². The van der Waals surface area contributed by atoms with Crippen LogP contribution in [0.15, 0.2) is 72.8 Å². The average molecular weight is 1080 g/mol. The van der Waals surface area contributed by atoms with Gasteiger partial charge in [-0.15, -0.1) is 22.7 Å². The highest BCUT2D eigenvalue weighted by Crippen LogP contribution is 2.38. The predicted octanol–water partition coefficient (Wildman–Crippen LogP) is 10.7. The zero-order chi connectivity index (χ0) is 49.9. The first-order valence-corrected chi connectivity index (χ1v) is 29.0. The quantitative estimate of drug-likeness (QED) is 0.101. The number of carbonyl (C=O) groups excluding carboxylic acids is 1. The highest BCUT2D eigenvalue weighted by Gasteiger charge is 2.33. The zero-order valence-corrected chi connectivity index (χ0v) is 46.4. The molecular formula is C66H88N6OS3+2. The molecule has 6 aromatic rings. The highest BCUT2D eigenvalue weighted by atomic mass is 32.1. The zero-order valence-electron chi connectivity index (χ0n) is 44.0. The van der Waals surface area contributed by atoms with E-state index >= 15 is 0 Å². The number of anilines is 2. The first-order valence-electron chi connectivity index (χ1n) is 27.0. The molecule has 4 aromatic carbocycles. The fourth-order valence-corrected chi connectivity index (χ4v) is 15.5. The minimum absolute atomic E-state index is 0. The number of carbonyl (C=O) groups is 1. The van der Waals surface area contributed by atoms with Crippen molar-refractivity contribution in [1.29, 1.82) is 0 Å². The highest BCUT2D eigenvalue weighted by molar-refractivity contribution is 7.81. The largest absolute Gasteiger partial charge is 0.378 e. The molecule has 7 nitrogen and oxygen atoms in total. The number of nitrogens with zero attached hydrogens (tertiary/aromatic N) is 6. The van der Waals surface area contributed by atoms with Crippen LogP contribution >= 0.6 is 34.9 Å². The number of benzene rings is 4. The summed E-state index contributed by atoms with van der Waals surface area (Å²) in [6.45, 7) is 16.7. The Morgan fingerprint density at radius 3 is 1.33 bits per heavy atom. The fourth-order valence-electron chi connectivity index (χ4n) is 12.9. The molecule has 0 atom stereocenters. The summed E-state index contributed by atoms with van der Waals surface area (Å²) in [5.74, 6) is 0.146. The van der Waals surface area contributed by atoms with E-state index in [0.29, 0.717) is 0 Å². The molecule has 6 heterocycles. The van der Waals surface area contributed by atoms with Gasteiger partial charge < -0.3 is 19.6 Å². The topological polar surface area (TPSA) is 36.1 Å². The molecule has 6 aliphatic rings. The molecule has 0 fully saturated rings. The summed E-state index contributed by atoms with van der Waals surface area (Å²) < 4.78 is 5.32. The summed E-state index contributed by atoms with van der Waals surface area (Å²) in [4.78, 5) is 27.4. The van der Waals surface area contributed by atoms with Gasteiger partial charge in [-0.05, 0) is 171 Å². The summed E-state index contributed by atoms with van der Waals surface area (Å²) in [5, 5.41) is 6.00. The first-order chi connectivity index (χ1) is 35.0. The van der Waals surface area contributed by atoms with Crippen LogP contribution in [0.3, 0.4) is 0 Å². The number of aryl methyl sites for hydroxylation is 2. The molecule has 0 bridgehead atoms. The standard InChI is InChI=1S/C31H36N3OS.C31H36N3S2.4CH4/c2*1-5-33(6-2)31(35)28-14-13-27(36-28)29-23-12-11-22(32(3)4)17-21(23)19-25-24-10-8-16-34-15-7-9-20(30(24)34)18-26(25)29;;;;/h2*11-14,17-18H,5-10,15-16,19H2,1-4H3;4*1H4/q2*+1;;;;. The van der Waals surface area contributed by atoms with Gasteiger partial charge in [0.1, 0.15) is 31.2 Å². The summed E-state index contributed by atoms with van der Waals surface area (Å²) in [6.07, 6.45) is 11.8. The van der Waals surface area contributed by atoms with Gasteiger partial charge in [-0.1, -0.05) is 54.1 Å². The lowest BCUT2D eigenvalue weighted by molar-refractivity contribution is 0.0777. The molecule has 0 saturated carbocycles. The third-order valence-electron chi connectivity index (χ3n) is 16.5. The molecule has 0 spiro atoms. The Morgan fingerprint density at radius 2 is 0.908 bits per heavy atom. The van der Waals surface area contributed by atoms with Gasteiger partial charge in [0.15, 0.2) is 0 Å². The fraction of sp³-hybridized carbons (Fsp3) is 0.455. The molecule has 1 amide bonds. The van der Waals surface area contributed by atoms with E-state index in [0.717, 1.165) is 48.9 Å². The molecule has 2 aromatic heterocycles. The third-order valence-corrected chi connectivity index (χ3v) is 19.3. The van der Waals surface area contributed by atoms with E-state index in [-0.39, 0.29) is 35.6 Å². The van der Waals surface area contributed by atoms with Crippen LogP contribution < -0.4 is 40.1 Å². The van der Waals surface area contributed by atoms with Crippen LogP contribution in [0, 0.1) is 0 Å². The third kappa shape index (κ3) is 10.3. The molecule has 2 aliphatic carbocycles. The lowest BCUT2D eigenvalue weighted by Gasteiger charge is -2.27. The van der Waals surface area contributed by atoms with Crippen molar-refractivity contribution < 1.29 is 4.79 Å². The SMILES string of the molecule is C.C.C.C.CCN(CC)C(=O)c1ccc(C2=c3cc4c5c(c3Cc3cc(N(C)C)ccc32)CCC[N+]=5CCC4)s1.CCN(CC)C(=S)c1ccc(C2=c3cc4c5c(c3Cc3cc(N(C)C)ccc32)CCC[N+]=5CCC4)s1. The number of hydrogen-bond acceptors (Lipinski definition) is 6. The average Bonchev–Trinajstić information content (AvgIpc) is 4.15. The summed E-state index contributed by atoms with van der Waals surface area (Å²) >= 11 is 9.44. The number of thiocarbonyl (C=S) groups is 1. The predicted molar refractivity (Wildman–Crippen MR) is 334 cm³/mol. The molecule has 0 N–H and O–H groups in total. The molecule has 0 saturated heterocycles. The van der Waals surface area contributed by atoms with Crippen molar-refractivity contribution in [3.63, 3.8) is 0 Å². The number of rotatable bonds is 10. The van der Waals surface area contributed by atoms with Gasteiger partial charge in [0.25, 0.3) is 5.91 Å². The summed E-state index contributed by atoms with van der Waals surface area (Å²) in [7, 11) is 8.51. The van der Waals surface area contributed by atoms with Gasteiger partial charge in [-0.3, -0.25) is 4.79 Å². The van der Waals surface area contributed by atoms with Crippen LogP contribution in [0.4, 0.5) is 11.4 Å². The smallest absolute Gasteiger partial charge is 0.263 e. The number of thiophene rings is 2. The Labute approximate surface area is 470 Å². The van der Waals surface area contributed by atoms with E-state index < -0.39 is 0 Å². The van der Waals surface area contributed by atoms with Crippen LogP contribution in [-0.2, 0) is 38.5 Å². The van der Waals surface area contributed by atoms with Gasteiger partial charge in [-0.2, -0.15) is 0 Å². The van der Waals surface area contributed by atoms with Crippen molar-refractivity contribution in [2.24, 2.45) is 0 Å². The minimum Gasteiger partial charge on any atom is -0.378 e. The molecule has 76 heavy (non-hydrogen) atoms.